The fourth-order valence-electron chi connectivity index (χ4n) is 2.99. The molecule has 31 heavy (non-hydrogen) atoms. The van der Waals surface area contributed by atoms with Gasteiger partial charge in [-0.3, -0.25) is 14.5 Å². The van der Waals surface area contributed by atoms with E-state index in [0.717, 1.165) is 17.3 Å². The number of hydrogen-bond acceptors (Lipinski definition) is 7. The topological polar surface area (TPSA) is 74.3 Å². The van der Waals surface area contributed by atoms with Crippen LogP contribution < -0.4 is 18.9 Å². The number of rotatable bonds is 10. The number of carbonyl (C=O) groups is 2. The first-order valence-electron chi connectivity index (χ1n) is 9.98. The Bertz CT molecular complexity index is 974. The number of carbonyl (C=O) groups excluding carboxylic acids is 2. The summed E-state index contributed by atoms with van der Waals surface area (Å²) in [6, 6.07) is 12.6. The van der Waals surface area contributed by atoms with Crippen LogP contribution in [0, 0.1) is 0 Å². The Morgan fingerprint density at radius 3 is 2.29 bits per heavy atom. The van der Waals surface area contributed by atoms with E-state index < -0.39 is 0 Å². The Morgan fingerprint density at radius 2 is 1.58 bits per heavy atom. The minimum Gasteiger partial charge on any atom is -0.493 e. The van der Waals surface area contributed by atoms with Crippen molar-refractivity contribution in [3.63, 3.8) is 0 Å². The smallest absolute Gasteiger partial charge is 0.293 e. The second kappa shape index (κ2) is 10.8. The van der Waals surface area contributed by atoms with Crippen LogP contribution in [0.15, 0.2) is 47.4 Å². The number of methoxy groups -OCH3 is 1. The summed E-state index contributed by atoms with van der Waals surface area (Å²) in [6.07, 6.45) is 1.68. The van der Waals surface area contributed by atoms with Gasteiger partial charge in [-0.1, -0.05) is 18.2 Å². The lowest BCUT2D eigenvalue weighted by Gasteiger charge is -2.14. The van der Waals surface area contributed by atoms with Gasteiger partial charge in [-0.2, -0.15) is 0 Å². The average Bonchev–Trinajstić information content (AvgIpc) is 3.03. The van der Waals surface area contributed by atoms with Crippen LogP contribution in [0.2, 0.25) is 0 Å². The molecule has 0 spiro atoms. The van der Waals surface area contributed by atoms with Gasteiger partial charge in [-0.15, -0.1) is 0 Å². The van der Waals surface area contributed by atoms with Gasteiger partial charge in [0.15, 0.2) is 23.0 Å². The Hall–Kier alpha value is -3.13. The van der Waals surface area contributed by atoms with Gasteiger partial charge in [0.25, 0.3) is 11.1 Å². The number of amides is 2. The van der Waals surface area contributed by atoms with Gasteiger partial charge in [-0.05, 0) is 61.5 Å². The molecule has 1 aliphatic rings. The molecule has 0 atom stereocenters. The summed E-state index contributed by atoms with van der Waals surface area (Å²) in [5, 5.41) is -0.323. The van der Waals surface area contributed by atoms with Gasteiger partial charge in [0.1, 0.15) is 6.61 Å². The van der Waals surface area contributed by atoms with Crippen molar-refractivity contribution in [2.24, 2.45) is 0 Å². The third-order valence-electron chi connectivity index (χ3n) is 4.38. The molecule has 164 valence electrons. The summed E-state index contributed by atoms with van der Waals surface area (Å²) in [4.78, 5) is 26.6. The molecule has 1 fully saturated rings. The van der Waals surface area contributed by atoms with Crippen LogP contribution in [0.3, 0.4) is 0 Å². The molecule has 0 saturated carbocycles. The largest absolute Gasteiger partial charge is 0.493 e. The van der Waals surface area contributed by atoms with Crippen molar-refractivity contribution < 1.29 is 28.5 Å². The van der Waals surface area contributed by atoms with E-state index in [0.29, 0.717) is 41.1 Å². The van der Waals surface area contributed by atoms with Crippen molar-refractivity contribution in [2.45, 2.75) is 13.8 Å². The molecule has 7 nitrogen and oxygen atoms in total. The van der Waals surface area contributed by atoms with Gasteiger partial charge in [0.2, 0.25) is 0 Å². The van der Waals surface area contributed by atoms with Gasteiger partial charge >= 0.3 is 0 Å². The molecule has 1 aliphatic heterocycles. The van der Waals surface area contributed by atoms with E-state index in [2.05, 4.69) is 0 Å². The lowest BCUT2D eigenvalue weighted by molar-refractivity contribution is -0.123. The monoisotopic (exact) mass is 443 g/mol. The molecule has 2 aromatic carbocycles. The predicted octanol–water partition coefficient (Wildman–Crippen LogP) is 4.61. The average molecular weight is 444 g/mol. The van der Waals surface area contributed by atoms with Crippen molar-refractivity contribution >= 4 is 29.0 Å². The molecule has 1 saturated heterocycles. The fraction of sp³-hybridized carbons (Fsp3) is 0.304. The third kappa shape index (κ3) is 5.52. The van der Waals surface area contributed by atoms with Gasteiger partial charge in [0.05, 0.1) is 31.8 Å². The standard InChI is InChI=1S/C23H25NO6S/c1-4-28-19-11-10-16(14-20(19)29-5-2)15-21-22(25)24(23(26)31-21)12-13-30-18-9-7-6-8-17(18)27-3/h6-11,14-15H,4-5,12-13H2,1-3H3/b21-15-. The minimum atomic E-state index is -0.342. The van der Waals surface area contributed by atoms with Crippen LogP contribution in [-0.4, -0.2) is 49.5 Å². The highest BCUT2D eigenvalue weighted by molar-refractivity contribution is 8.18. The Balaban J connectivity index is 1.68. The van der Waals surface area contributed by atoms with E-state index in [-0.39, 0.29) is 24.3 Å². The van der Waals surface area contributed by atoms with E-state index in [1.165, 1.54) is 4.90 Å². The SMILES string of the molecule is CCOc1ccc(/C=C2\SC(=O)N(CCOc3ccccc3OC)C2=O)cc1OCC. The second-order valence-electron chi connectivity index (χ2n) is 6.40. The number of imide groups is 1. The van der Waals surface area contributed by atoms with E-state index in [9.17, 15) is 9.59 Å². The van der Waals surface area contributed by atoms with Crippen molar-refractivity contribution in [1.82, 2.24) is 4.90 Å². The van der Waals surface area contributed by atoms with Crippen molar-refractivity contribution in [2.75, 3.05) is 33.5 Å². The van der Waals surface area contributed by atoms with Gasteiger partial charge in [-0.25, -0.2) is 0 Å². The van der Waals surface area contributed by atoms with Crippen molar-refractivity contribution in [3.8, 4) is 23.0 Å². The molecule has 0 aliphatic carbocycles. The first-order valence-corrected chi connectivity index (χ1v) is 10.8. The number of nitrogens with zero attached hydrogens (tertiary/aromatic N) is 1. The van der Waals surface area contributed by atoms with Crippen LogP contribution >= 0.6 is 11.8 Å². The summed E-state index contributed by atoms with van der Waals surface area (Å²) < 4.78 is 22.1. The predicted molar refractivity (Wildman–Crippen MR) is 120 cm³/mol. The molecular weight excluding hydrogens is 418 g/mol. The Morgan fingerprint density at radius 1 is 0.903 bits per heavy atom. The van der Waals surface area contributed by atoms with Crippen molar-refractivity contribution in [3.05, 3.63) is 52.9 Å². The van der Waals surface area contributed by atoms with Crippen LogP contribution in [0.25, 0.3) is 6.08 Å². The minimum absolute atomic E-state index is 0.146. The molecule has 3 rings (SSSR count). The third-order valence-corrected chi connectivity index (χ3v) is 5.29. The maximum absolute atomic E-state index is 12.7. The maximum atomic E-state index is 12.7. The number of para-hydroxylation sites is 2. The van der Waals surface area contributed by atoms with Crippen LogP contribution in [-0.2, 0) is 4.79 Å². The fourth-order valence-corrected chi connectivity index (χ4v) is 3.85. The quantitative estimate of drug-likeness (QED) is 0.497. The second-order valence-corrected chi connectivity index (χ2v) is 7.40. The molecular formula is C23H25NO6S. The number of thioether (sulfide) groups is 1. The number of hydrogen-bond donors (Lipinski definition) is 0. The van der Waals surface area contributed by atoms with E-state index in [1.54, 1.807) is 37.5 Å². The molecule has 8 heteroatoms. The summed E-state index contributed by atoms with van der Waals surface area (Å²) >= 11 is 0.910. The van der Waals surface area contributed by atoms with Crippen molar-refractivity contribution in [1.29, 1.82) is 0 Å². The normalized spacial score (nSPS) is 14.8. The summed E-state index contributed by atoms with van der Waals surface area (Å²) in [5.74, 6) is 2.05. The number of benzene rings is 2. The molecule has 1 heterocycles. The zero-order chi connectivity index (χ0) is 22.2. The lowest BCUT2D eigenvalue weighted by Crippen LogP contribution is -2.32. The first kappa shape index (κ1) is 22.6. The maximum Gasteiger partial charge on any atom is 0.293 e. The highest BCUT2D eigenvalue weighted by Crippen LogP contribution is 2.35. The molecule has 2 aromatic rings. The van der Waals surface area contributed by atoms with E-state index in [1.807, 2.05) is 32.0 Å². The van der Waals surface area contributed by atoms with Gasteiger partial charge in [0, 0.05) is 0 Å². The highest BCUT2D eigenvalue weighted by atomic mass is 32.2. The van der Waals surface area contributed by atoms with E-state index >= 15 is 0 Å². The zero-order valence-electron chi connectivity index (χ0n) is 17.8. The number of ether oxygens (including phenoxy) is 4. The summed E-state index contributed by atoms with van der Waals surface area (Å²) in [5.41, 5.74) is 0.752. The zero-order valence-corrected chi connectivity index (χ0v) is 18.6. The molecule has 0 bridgehead atoms. The molecule has 0 N–H and O–H groups in total. The first-order chi connectivity index (χ1) is 15.1. The molecule has 0 aromatic heterocycles. The molecule has 0 radical (unpaired) electrons. The van der Waals surface area contributed by atoms with Crippen LogP contribution in [0.5, 0.6) is 23.0 Å². The highest BCUT2D eigenvalue weighted by Gasteiger charge is 2.34. The van der Waals surface area contributed by atoms with Gasteiger partial charge < -0.3 is 18.9 Å². The van der Waals surface area contributed by atoms with Crippen LogP contribution in [0.1, 0.15) is 19.4 Å². The Kier molecular flexibility index (Phi) is 7.83. The summed E-state index contributed by atoms with van der Waals surface area (Å²) in [6.45, 7) is 5.12. The lowest BCUT2D eigenvalue weighted by atomic mass is 10.2. The van der Waals surface area contributed by atoms with Crippen LogP contribution in [0.4, 0.5) is 4.79 Å². The summed E-state index contributed by atoms with van der Waals surface area (Å²) in [7, 11) is 1.56. The Labute approximate surface area is 185 Å². The molecule has 0 unspecified atom stereocenters. The molecule has 2 amide bonds. The van der Waals surface area contributed by atoms with E-state index in [4.69, 9.17) is 18.9 Å².